The molecule has 0 aromatic rings. The Morgan fingerprint density at radius 3 is 3.00 bits per heavy atom. The summed E-state index contributed by atoms with van der Waals surface area (Å²) in [4.78, 5) is 5.01. The van der Waals surface area contributed by atoms with Gasteiger partial charge in [-0.05, 0) is 32.6 Å². The zero-order valence-corrected chi connectivity index (χ0v) is 12.9. The van der Waals surface area contributed by atoms with Crippen molar-refractivity contribution in [2.45, 2.75) is 57.5 Å². The monoisotopic (exact) mass is 270 g/mol. The van der Waals surface area contributed by atoms with E-state index in [9.17, 15) is 0 Å². The van der Waals surface area contributed by atoms with Crippen molar-refractivity contribution < 1.29 is 4.74 Å². The highest BCUT2D eigenvalue weighted by Crippen LogP contribution is 2.41. The molecule has 104 valence electrons. The molecule has 2 unspecified atom stereocenters. The lowest BCUT2D eigenvalue weighted by Gasteiger charge is -2.33. The summed E-state index contributed by atoms with van der Waals surface area (Å²) in [5.74, 6) is 1.98. The number of thioether (sulfide) groups is 1. The Balaban J connectivity index is 1.99. The molecular formula is C14H26N2OS. The van der Waals surface area contributed by atoms with Crippen molar-refractivity contribution in [3.8, 4) is 0 Å². The van der Waals surface area contributed by atoms with Crippen molar-refractivity contribution in [1.82, 2.24) is 5.32 Å². The van der Waals surface area contributed by atoms with Crippen LogP contribution >= 0.6 is 11.8 Å². The summed E-state index contributed by atoms with van der Waals surface area (Å²) < 4.78 is 5.24. The van der Waals surface area contributed by atoms with Crippen LogP contribution in [0.4, 0.5) is 0 Å². The van der Waals surface area contributed by atoms with Gasteiger partial charge in [0.05, 0.1) is 17.7 Å². The molecule has 0 radical (unpaired) electrons. The minimum absolute atomic E-state index is 0.0353. The van der Waals surface area contributed by atoms with Crippen LogP contribution in [0.2, 0.25) is 0 Å². The average Bonchev–Trinajstić information content (AvgIpc) is 2.59. The number of nitrogens with one attached hydrogen (secondary N) is 1. The van der Waals surface area contributed by atoms with Crippen LogP contribution in [0, 0.1) is 5.92 Å². The number of amidine groups is 1. The highest BCUT2D eigenvalue weighted by molar-refractivity contribution is 8.14. The van der Waals surface area contributed by atoms with Gasteiger partial charge in [0.1, 0.15) is 0 Å². The first-order chi connectivity index (χ1) is 8.45. The minimum Gasteiger partial charge on any atom is -0.382 e. The van der Waals surface area contributed by atoms with Gasteiger partial charge in [-0.1, -0.05) is 31.5 Å². The molecule has 0 aromatic carbocycles. The van der Waals surface area contributed by atoms with Crippen LogP contribution in [0.15, 0.2) is 4.99 Å². The summed E-state index contributed by atoms with van der Waals surface area (Å²) >= 11 is 1.89. The van der Waals surface area contributed by atoms with Crippen LogP contribution in [0.1, 0.15) is 46.5 Å². The molecule has 0 amide bonds. The molecule has 1 aliphatic carbocycles. The second-order valence-corrected chi connectivity index (χ2v) is 7.54. The van der Waals surface area contributed by atoms with Gasteiger partial charge in [-0.15, -0.1) is 0 Å². The third kappa shape index (κ3) is 3.41. The third-order valence-electron chi connectivity index (χ3n) is 3.83. The van der Waals surface area contributed by atoms with Crippen molar-refractivity contribution in [2.75, 3.05) is 19.5 Å². The van der Waals surface area contributed by atoms with Crippen LogP contribution in [0.3, 0.4) is 0 Å². The predicted molar refractivity (Wildman–Crippen MR) is 79.3 cm³/mol. The van der Waals surface area contributed by atoms with Gasteiger partial charge in [0.2, 0.25) is 0 Å². The molecule has 1 heterocycles. The SMILES string of the molecule is COCC(C)(C)NC1=NC2(CCCC(C)C2)CS1. The Morgan fingerprint density at radius 1 is 1.56 bits per heavy atom. The van der Waals surface area contributed by atoms with Gasteiger partial charge in [0, 0.05) is 12.9 Å². The zero-order chi connectivity index (χ0) is 13.2. The molecule has 3 nitrogen and oxygen atoms in total. The molecule has 0 bridgehead atoms. The maximum atomic E-state index is 5.24. The normalized spacial score (nSPS) is 32.7. The van der Waals surface area contributed by atoms with E-state index in [1.165, 1.54) is 25.7 Å². The van der Waals surface area contributed by atoms with Gasteiger partial charge in [-0.2, -0.15) is 0 Å². The van der Waals surface area contributed by atoms with Crippen LogP contribution in [-0.4, -0.2) is 35.7 Å². The Hall–Kier alpha value is -0.220. The fourth-order valence-corrected chi connectivity index (χ4v) is 4.44. The molecule has 1 saturated carbocycles. The van der Waals surface area contributed by atoms with Crippen molar-refractivity contribution in [3.63, 3.8) is 0 Å². The van der Waals surface area contributed by atoms with Crippen LogP contribution < -0.4 is 5.32 Å². The van der Waals surface area contributed by atoms with Crippen molar-refractivity contribution >= 4 is 16.9 Å². The number of hydrogen-bond acceptors (Lipinski definition) is 4. The van der Waals surface area contributed by atoms with Crippen LogP contribution in [0.25, 0.3) is 0 Å². The summed E-state index contributed by atoms with van der Waals surface area (Å²) in [5, 5.41) is 4.65. The maximum Gasteiger partial charge on any atom is 0.157 e. The number of aliphatic imine (C=N–C) groups is 1. The topological polar surface area (TPSA) is 33.6 Å². The molecule has 1 fully saturated rings. The lowest BCUT2D eigenvalue weighted by Crippen LogP contribution is -2.45. The second kappa shape index (κ2) is 5.41. The van der Waals surface area contributed by atoms with Crippen molar-refractivity contribution in [3.05, 3.63) is 0 Å². The minimum atomic E-state index is -0.0353. The Kier molecular flexibility index (Phi) is 4.27. The van der Waals surface area contributed by atoms with Crippen LogP contribution in [0.5, 0.6) is 0 Å². The number of rotatable bonds is 3. The molecule has 18 heavy (non-hydrogen) atoms. The van der Waals surface area contributed by atoms with Crippen molar-refractivity contribution in [2.24, 2.45) is 10.9 Å². The lowest BCUT2D eigenvalue weighted by molar-refractivity contribution is 0.140. The fourth-order valence-electron chi connectivity index (χ4n) is 3.10. The Morgan fingerprint density at radius 2 is 2.33 bits per heavy atom. The quantitative estimate of drug-likeness (QED) is 0.856. The smallest absolute Gasteiger partial charge is 0.157 e. The third-order valence-corrected chi connectivity index (χ3v) is 4.98. The first kappa shape index (κ1) is 14.2. The number of methoxy groups -OCH3 is 1. The standard InChI is InChI=1S/C14H26N2OS/c1-11-6-5-7-14(8-11)10-18-12(16-14)15-13(2,3)9-17-4/h11H,5-10H2,1-4H3,(H,15,16). The van der Waals surface area contributed by atoms with E-state index in [2.05, 4.69) is 26.1 Å². The van der Waals surface area contributed by atoms with Gasteiger partial charge in [-0.3, -0.25) is 4.99 Å². The van der Waals surface area contributed by atoms with Gasteiger partial charge < -0.3 is 10.1 Å². The average molecular weight is 270 g/mol. The number of nitrogens with zero attached hydrogens (tertiary/aromatic N) is 1. The summed E-state index contributed by atoms with van der Waals surface area (Å²) in [6.07, 6.45) is 5.23. The summed E-state index contributed by atoms with van der Waals surface area (Å²) in [6.45, 7) is 7.39. The first-order valence-corrected chi connectivity index (χ1v) is 7.93. The molecule has 2 aliphatic rings. The molecule has 1 N–H and O–H groups in total. The van der Waals surface area contributed by atoms with Gasteiger partial charge in [0.15, 0.2) is 5.17 Å². The summed E-state index contributed by atoms with van der Waals surface area (Å²) in [6, 6.07) is 0. The van der Waals surface area contributed by atoms with E-state index < -0.39 is 0 Å². The van der Waals surface area contributed by atoms with Crippen molar-refractivity contribution in [1.29, 1.82) is 0 Å². The largest absolute Gasteiger partial charge is 0.382 e. The van der Waals surface area contributed by atoms with Gasteiger partial charge >= 0.3 is 0 Å². The van der Waals surface area contributed by atoms with E-state index in [1.807, 2.05) is 11.8 Å². The van der Waals surface area contributed by atoms with E-state index in [4.69, 9.17) is 9.73 Å². The molecule has 1 aliphatic heterocycles. The summed E-state index contributed by atoms with van der Waals surface area (Å²) in [5.41, 5.74) is 0.195. The molecule has 0 aromatic heterocycles. The fraction of sp³-hybridized carbons (Fsp3) is 0.929. The molecule has 4 heteroatoms. The van der Waals surface area contributed by atoms with Crippen LogP contribution in [-0.2, 0) is 4.74 Å². The molecule has 1 spiro atoms. The molecule has 2 atom stereocenters. The highest BCUT2D eigenvalue weighted by Gasteiger charge is 2.39. The molecule has 0 saturated heterocycles. The van der Waals surface area contributed by atoms with E-state index in [1.54, 1.807) is 7.11 Å². The van der Waals surface area contributed by atoms with E-state index in [-0.39, 0.29) is 11.1 Å². The second-order valence-electron chi connectivity index (χ2n) is 6.57. The van der Waals surface area contributed by atoms with E-state index in [0.717, 1.165) is 16.8 Å². The Bertz CT molecular complexity index is 330. The van der Waals surface area contributed by atoms with E-state index >= 15 is 0 Å². The van der Waals surface area contributed by atoms with Gasteiger partial charge in [0.25, 0.3) is 0 Å². The maximum absolute atomic E-state index is 5.24. The lowest BCUT2D eigenvalue weighted by atomic mass is 9.78. The molecule has 2 rings (SSSR count). The predicted octanol–water partition coefficient (Wildman–Crippen LogP) is 3.05. The van der Waals surface area contributed by atoms with E-state index in [0.29, 0.717) is 6.61 Å². The highest BCUT2D eigenvalue weighted by atomic mass is 32.2. The zero-order valence-electron chi connectivity index (χ0n) is 12.1. The van der Waals surface area contributed by atoms with Gasteiger partial charge in [-0.25, -0.2) is 0 Å². The first-order valence-electron chi connectivity index (χ1n) is 6.94. The Labute approximate surface area is 115 Å². The number of hydrogen-bond donors (Lipinski definition) is 1. The molecular weight excluding hydrogens is 244 g/mol. The summed E-state index contributed by atoms with van der Waals surface area (Å²) in [7, 11) is 1.75. The number of ether oxygens (including phenoxy) is 1.